The van der Waals surface area contributed by atoms with Gasteiger partial charge in [-0.05, 0) is 25.7 Å². The summed E-state index contributed by atoms with van der Waals surface area (Å²) in [6.45, 7) is 1.87. The number of carbonyl (C=O) groups excluding carboxylic acids is 1. The second-order valence-electron chi connectivity index (χ2n) is 4.69. The molecule has 94 valence electrons. The van der Waals surface area contributed by atoms with Crippen molar-refractivity contribution in [1.82, 2.24) is 15.5 Å². The van der Waals surface area contributed by atoms with Gasteiger partial charge in [0, 0.05) is 17.1 Å². The molecule has 1 saturated carbocycles. The topological polar surface area (TPSA) is 57.8 Å². The minimum Gasteiger partial charge on any atom is -0.349 e. The highest BCUT2D eigenvalue weighted by Crippen LogP contribution is 2.26. The fourth-order valence-corrected chi connectivity index (χ4v) is 3.18. The van der Waals surface area contributed by atoms with Gasteiger partial charge < -0.3 is 5.32 Å². The molecule has 2 rings (SSSR count). The number of aryl methyl sites for hydroxylation is 1. The van der Waals surface area contributed by atoms with Gasteiger partial charge in [-0.2, -0.15) is 5.10 Å². The molecule has 1 heterocycles. The number of hydrogen-bond acceptors (Lipinski definition) is 2. The first-order valence-electron chi connectivity index (χ1n) is 6.09. The lowest BCUT2D eigenvalue weighted by atomic mass is 9.86. The Morgan fingerprint density at radius 2 is 2.35 bits per heavy atom. The van der Waals surface area contributed by atoms with Crippen LogP contribution in [0.25, 0.3) is 0 Å². The van der Waals surface area contributed by atoms with E-state index in [1.165, 1.54) is 19.3 Å². The predicted molar refractivity (Wildman–Crippen MR) is 70.3 cm³/mol. The molecule has 0 aliphatic heterocycles. The molecule has 2 atom stereocenters. The van der Waals surface area contributed by atoms with E-state index >= 15 is 0 Å². The van der Waals surface area contributed by atoms with Crippen LogP contribution >= 0.6 is 15.9 Å². The van der Waals surface area contributed by atoms with E-state index in [1.54, 1.807) is 6.20 Å². The predicted octanol–water partition coefficient (Wildman–Crippen LogP) is 2.40. The third kappa shape index (κ3) is 2.89. The zero-order valence-corrected chi connectivity index (χ0v) is 11.6. The molecule has 1 aromatic rings. The Morgan fingerprint density at radius 3 is 3.00 bits per heavy atom. The fraction of sp³-hybridized carbons (Fsp3) is 0.667. The largest absolute Gasteiger partial charge is 0.349 e. The standard InChI is InChI=1S/C12H18BrN3O/c1-8-10(7-14-16-8)12(17)15-11-5-3-2-4-9(11)6-13/h7,9,11H,2-6H2,1H3,(H,14,16)(H,15,17). The maximum atomic E-state index is 12.1. The van der Waals surface area contributed by atoms with Crippen LogP contribution in [-0.2, 0) is 0 Å². The summed E-state index contributed by atoms with van der Waals surface area (Å²) in [5.74, 6) is 0.550. The third-order valence-corrected chi connectivity index (χ3v) is 4.33. The maximum absolute atomic E-state index is 12.1. The zero-order valence-electron chi connectivity index (χ0n) is 10.0. The van der Waals surface area contributed by atoms with Gasteiger partial charge in [0.05, 0.1) is 11.8 Å². The van der Waals surface area contributed by atoms with E-state index in [2.05, 4.69) is 31.4 Å². The normalized spacial score (nSPS) is 24.6. The molecule has 1 aromatic heterocycles. The molecule has 0 saturated heterocycles. The highest BCUT2D eigenvalue weighted by atomic mass is 79.9. The van der Waals surface area contributed by atoms with Gasteiger partial charge in [-0.1, -0.05) is 28.8 Å². The fourth-order valence-electron chi connectivity index (χ4n) is 2.41. The quantitative estimate of drug-likeness (QED) is 0.842. The Hall–Kier alpha value is -0.840. The molecule has 1 aliphatic rings. The van der Waals surface area contributed by atoms with Crippen LogP contribution in [0.5, 0.6) is 0 Å². The number of halogens is 1. The number of hydrogen-bond donors (Lipinski definition) is 2. The summed E-state index contributed by atoms with van der Waals surface area (Å²) in [6.07, 6.45) is 6.35. The number of nitrogens with one attached hydrogen (secondary N) is 2. The summed E-state index contributed by atoms with van der Waals surface area (Å²) in [7, 11) is 0. The van der Waals surface area contributed by atoms with Gasteiger partial charge in [-0.3, -0.25) is 9.89 Å². The van der Waals surface area contributed by atoms with E-state index in [9.17, 15) is 4.79 Å². The van der Waals surface area contributed by atoms with Crippen LogP contribution < -0.4 is 5.32 Å². The van der Waals surface area contributed by atoms with Gasteiger partial charge in [0.1, 0.15) is 0 Å². The minimum atomic E-state index is -0.00546. The van der Waals surface area contributed by atoms with Crippen LogP contribution in [0.1, 0.15) is 41.7 Å². The van der Waals surface area contributed by atoms with E-state index in [-0.39, 0.29) is 5.91 Å². The number of rotatable bonds is 3. The van der Waals surface area contributed by atoms with Crippen molar-refractivity contribution in [2.45, 2.75) is 38.6 Å². The maximum Gasteiger partial charge on any atom is 0.254 e. The number of alkyl halides is 1. The van der Waals surface area contributed by atoms with Crippen molar-refractivity contribution < 1.29 is 4.79 Å². The monoisotopic (exact) mass is 299 g/mol. The first-order chi connectivity index (χ1) is 8.22. The number of carbonyl (C=O) groups is 1. The van der Waals surface area contributed by atoms with Crippen molar-refractivity contribution in [3.8, 4) is 0 Å². The Labute approximate surface area is 110 Å². The SMILES string of the molecule is Cc1[nH]ncc1C(=O)NC1CCCCC1CBr. The van der Waals surface area contributed by atoms with Crippen LogP contribution in [0.3, 0.4) is 0 Å². The van der Waals surface area contributed by atoms with Crippen LogP contribution in [0, 0.1) is 12.8 Å². The van der Waals surface area contributed by atoms with E-state index in [0.29, 0.717) is 17.5 Å². The molecule has 5 heteroatoms. The van der Waals surface area contributed by atoms with Crippen molar-refractivity contribution >= 4 is 21.8 Å². The Kier molecular flexibility index (Phi) is 4.20. The molecule has 1 fully saturated rings. The van der Waals surface area contributed by atoms with Crippen molar-refractivity contribution in [3.05, 3.63) is 17.5 Å². The van der Waals surface area contributed by atoms with Gasteiger partial charge in [-0.15, -0.1) is 0 Å². The number of aromatic amines is 1. The lowest BCUT2D eigenvalue weighted by Crippen LogP contribution is -2.42. The molecular formula is C12H18BrN3O. The molecule has 4 nitrogen and oxygen atoms in total. The highest BCUT2D eigenvalue weighted by molar-refractivity contribution is 9.09. The van der Waals surface area contributed by atoms with Gasteiger partial charge in [0.25, 0.3) is 5.91 Å². The first kappa shape index (κ1) is 12.6. The van der Waals surface area contributed by atoms with E-state index in [0.717, 1.165) is 17.4 Å². The molecular weight excluding hydrogens is 282 g/mol. The summed E-state index contributed by atoms with van der Waals surface area (Å²) in [5, 5.41) is 10.8. The summed E-state index contributed by atoms with van der Waals surface area (Å²) in [6, 6.07) is 0.296. The van der Waals surface area contributed by atoms with Crippen LogP contribution in [0.15, 0.2) is 6.20 Å². The molecule has 0 spiro atoms. The number of H-pyrrole nitrogens is 1. The average Bonchev–Trinajstić information content (AvgIpc) is 2.76. The Balaban J connectivity index is 2.00. The van der Waals surface area contributed by atoms with Crippen LogP contribution in [0.2, 0.25) is 0 Å². The molecule has 1 aliphatic carbocycles. The molecule has 0 bridgehead atoms. The third-order valence-electron chi connectivity index (χ3n) is 3.50. The lowest BCUT2D eigenvalue weighted by molar-refractivity contribution is 0.0911. The van der Waals surface area contributed by atoms with Gasteiger partial charge in [-0.25, -0.2) is 0 Å². The van der Waals surface area contributed by atoms with Gasteiger partial charge in [0.15, 0.2) is 0 Å². The summed E-state index contributed by atoms with van der Waals surface area (Å²) in [5.41, 5.74) is 1.48. The number of nitrogens with zero attached hydrogens (tertiary/aromatic N) is 1. The van der Waals surface area contributed by atoms with Gasteiger partial charge in [0.2, 0.25) is 0 Å². The molecule has 1 amide bonds. The summed E-state index contributed by atoms with van der Waals surface area (Å²) in [4.78, 5) is 12.1. The smallest absolute Gasteiger partial charge is 0.254 e. The van der Waals surface area contributed by atoms with Crippen LogP contribution in [-0.4, -0.2) is 27.5 Å². The zero-order chi connectivity index (χ0) is 12.3. The van der Waals surface area contributed by atoms with Crippen molar-refractivity contribution in [2.24, 2.45) is 5.92 Å². The van der Waals surface area contributed by atoms with Crippen LogP contribution in [0.4, 0.5) is 0 Å². The van der Waals surface area contributed by atoms with E-state index < -0.39 is 0 Å². The molecule has 2 N–H and O–H groups in total. The number of amides is 1. The highest BCUT2D eigenvalue weighted by Gasteiger charge is 2.26. The Bertz CT molecular complexity index is 391. The van der Waals surface area contributed by atoms with Crippen molar-refractivity contribution in [1.29, 1.82) is 0 Å². The van der Waals surface area contributed by atoms with Crippen molar-refractivity contribution in [2.75, 3.05) is 5.33 Å². The molecule has 17 heavy (non-hydrogen) atoms. The second-order valence-corrected chi connectivity index (χ2v) is 5.33. The second kappa shape index (κ2) is 5.67. The van der Waals surface area contributed by atoms with E-state index in [4.69, 9.17) is 0 Å². The molecule has 0 radical (unpaired) electrons. The lowest BCUT2D eigenvalue weighted by Gasteiger charge is -2.30. The number of aromatic nitrogens is 2. The summed E-state index contributed by atoms with van der Waals surface area (Å²) < 4.78 is 0. The molecule has 2 unspecified atom stereocenters. The first-order valence-corrected chi connectivity index (χ1v) is 7.21. The van der Waals surface area contributed by atoms with E-state index in [1.807, 2.05) is 6.92 Å². The molecule has 0 aromatic carbocycles. The van der Waals surface area contributed by atoms with Crippen molar-refractivity contribution in [3.63, 3.8) is 0 Å². The summed E-state index contributed by atoms with van der Waals surface area (Å²) >= 11 is 3.53. The average molecular weight is 300 g/mol. The Morgan fingerprint density at radius 1 is 1.59 bits per heavy atom. The minimum absolute atomic E-state index is 0.00546. The van der Waals surface area contributed by atoms with Gasteiger partial charge >= 0.3 is 0 Å².